The molecule has 20 heavy (non-hydrogen) atoms. The molecule has 0 aliphatic heterocycles. The monoisotopic (exact) mass is 273 g/mol. The molecule has 4 nitrogen and oxygen atoms in total. The highest BCUT2D eigenvalue weighted by molar-refractivity contribution is 5.58. The van der Waals surface area contributed by atoms with Crippen molar-refractivity contribution in [2.75, 3.05) is 20.3 Å². The SMILES string of the molecule is CCCNCc1ncc(-c2ccc(CCOC)cc2)[nH]1. The minimum atomic E-state index is 0.761. The quantitative estimate of drug-likeness (QED) is 0.727. The van der Waals surface area contributed by atoms with Crippen molar-refractivity contribution in [3.63, 3.8) is 0 Å². The predicted octanol–water partition coefficient (Wildman–Crippen LogP) is 2.77. The molecular formula is C16H23N3O. The van der Waals surface area contributed by atoms with Gasteiger partial charge in [0, 0.05) is 7.11 Å². The summed E-state index contributed by atoms with van der Waals surface area (Å²) in [4.78, 5) is 7.75. The van der Waals surface area contributed by atoms with Crippen LogP contribution in [0.2, 0.25) is 0 Å². The Labute approximate surface area is 120 Å². The van der Waals surface area contributed by atoms with Gasteiger partial charge in [0.25, 0.3) is 0 Å². The zero-order valence-electron chi connectivity index (χ0n) is 12.3. The van der Waals surface area contributed by atoms with Crippen LogP contribution in [-0.2, 0) is 17.7 Å². The molecule has 0 spiro atoms. The average molecular weight is 273 g/mol. The Kier molecular flexibility index (Phi) is 5.77. The van der Waals surface area contributed by atoms with E-state index in [0.717, 1.165) is 44.1 Å². The fraction of sp³-hybridized carbons (Fsp3) is 0.438. The molecule has 0 saturated carbocycles. The number of hydrogen-bond acceptors (Lipinski definition) is 3. The van der Waals surface area contributed by atoms with Crippen molar-refractivity contribution >= 4 is 0 Å². The Hall–Kier alpha value is -1.65. The van der Waals surface area contributed by atoms with Crippen LogP contribution in [0.4, 0.5) is 0 Å². The van der Waals surface area contributed by atoms with Gasteiger partial charge < -0.3 is 15.0 Å². The minimum Gasteiger partial charge on any atom is -0.384 e. The first-order valence-corrected chi connectivity index (χ1v) is 7.16. The van der Waals surface area contributed by atoms with Crippen molar-refractivity contribution in [3.8, 4) is 11.3 Å². The molecule has 1 aromatic carbocycles. The lowest BCUT2D eigenvalue weighted by atomic mass is 10.1. The second-order valence-corrected chi connectivity index (χ2v) is 4.86. The Bertz CT molecular complexity index is 505. The molecule has 0 atom stereocenters. The third-order valence-corrected chi connectivity index (χ3v) is 3.21. The lowest BCUT2D eigenvalue weighted by Crippen LogP contribution is -2.14. The summed E-state index contributed by atoms with van der Waals surface area (Å²) in [5, 5.41) is 3.34. The summed E-state index contributed by atoms with van der Waals surface area (Å²) >= 11 is 0. The van der Waals surface area contributed by atoms with E-state index in [1.165, 1.54) is 11.1 Å². The first-order valence-electron chi connectivity index (χ1n) is 7.16. The lowest BCUT2D eigenvalue weighted by Gasteiger charge is -2.02. The average Bonchev–Trinajstić information content (AvgIpc) is 2.95. The number of hydrogen-bond donors (Lipinski definition) is 2. The van der Waals surface area contributed by atoms with Crippen LogP contribution in [0, 0.1) is 0 Å². The number of nitrogens with one attached hydrogen (secondary N) is 2. The van der Waals surface area contributed by atoms with Gasteiger partial charge in [-0.3, -0.25) is 0 Å². The number of benzene rings is 1. The Morgan fingerprint density at radius 1 is 1.25 bits per heavy atom. The highest BCUT2D eigenvalue weighted by Gasteiger charge is 2.03. The van der Waals surface area contributed by atoms with Crippen molar-refractivity contribution < 1.29 is 4.74 Å². The van der Waals surface area contributed by atoms with Crippen molar-refractivity contribution in [2.45, 2.75) is 26.3 Å². The Morgan fingerprint density at radius 2 is 2.05 bits per heavy atom. The summed E-state index contributed by atoms with van der Waals surface area (Å²) in [5.41, 5.74) is 3.52. The molecule has 0 fully saturated rings. The van der Waals surface area contributed by atoms with Crippen LogP contribution >= 0.6 is 0 Å². The summed E-state index contributed by atoms with van der Waals surface area (Å²) < 4.78 is 5.09. The molecule has 1 aromatic heterocycles. The molecule has 108 valence electrons. The largest absolute Gasteiger partial charge is 0.384 e. The van der Waals surface area contributed by atoms with E-state index in [-0.39, 0.29) is 0 Å². The van der Waals surface area contributed by atoms with Crippen molar-refractivity contribution in [3.05, 3.63) is 41.9 Å². The van der Waals surface area contributed by atoms with E-state index in [1.807, 2.05) is 6.20 Å². The van der Waals surface area contributed by atoms with Gasteiger partial charge in [0.1, 0.15) is 5.82 Å². The number of aromatic nitrogens is 2. The molecule has 2 aromatic rings. The molecule has 0 aliphatic rings. The van der Waals surface area contributed by atoms with Crippen molar-refractivity contribution in [1.82, 2.24) is 15.3 Å². The number of imidazole rings is 1. The van der Waals surface area contributed by atoms with Crippen LogP contribution in [0.3, 0.4) is 0 Å². The molecular weight excluding hydrogens is 250 g/mol. The van der Waals surface area contributed by atoms with Crippen molar-refractivity contribution in [1.29, 1.82) is 0 Å². The minimum absolute atomic E-state index is 0.761. The maximum Gasteiger partial charge on any atom is 0.120 e. The summed E-state index contributed by atoms with van der Waals surface area (Å²) in [7, 11) is 1.73. The summed E-state index contributed by atoms with van der Waals surface area (Å²) in [6.45, 7) is 4.73. The highest BCUT2D eigenvalue weighted by atomic mass is 16.5. The van der Waals surface area contributed by atoms with Gasteiger partial charge in [0.05, 0.1) is 25.0 Å². The van der Waals surface area contributed by atoms with Gasteiger partial charge in [-0.25, -0.2) is 4.98 Å². The molecule has 2 rings (SSSR count). The van der Waals surface area contributed by atoms with E-state index in [0.29, 0.717) is 0 Å². The van der Waals surface area contributed by atoms with Crippen molar-refractivity contribution in [2.24, 2.45) is 0 Å². The third kappa shape index (κ3) is 4.18. The van der Waals surface area contributed by atoms with E-state index in [2.05, 4.69) is 46.5 Å². The number of methoxy groups -OCH3 is 1. The molecule has 4 heteroatoms. The molecule has 0 bridgehead atoms. The Balaban J connectivity index is 1.97. The van der Waals surface area contributed by atoms with E-state index < -0.39 is 0 Å². The van der Waals surface area contributed by atoms with E-state index in [1.54, 1.807) is 7.11 Å². The highest BCUT2D eigenvalue weighted by Crippen LogP contribution is 2.18. The zero-order chi connectivity index (χ0) is 14.2. The normalized spacial score (nSPS) is 10.9. The summed E-state index contributed by atoms with van der Waals surface area (Å²) in [5.74, 6) is 0.983. The fourth-order valence-corrected chi connectivity index (χ4v) is 2.05. The van der Waals surface area contributed by atoms with Crippen LogP contribution in [0.5, 0.6) is 0 Å². The van der Waals surface area contributed by atoms with Gasteiger partial charge >= 0.3 is 0 Å². The summed E-state index contributed by atoms with van der Waals surface area (Å²) in [6, 6.07) is 8.54. The standard InChI is InChI=1S/C16H23N3O/c1-3-9-17-12-16-18-11-15(19-16)14-6-4-13(5-7-14)8-10-20-2/h4-7,11,17H,3,8-10,12H2,1-2H3,(H,18,19). The number of ether oxygens (including phenoxy) is 1. The van der Waals surface area contributed by atoms with Crippen LogP contribution in [-0.4, -0.2) is 30.2 Å². The number of nitrogens with zero attached hydrogens (tertiary/aromatic N) is 1. The van der Waals surface area contributed by atoms with Crippen LogP contribution in [0.1, 0.15) is 24.7 Å². The maximum absolute atomic E-state index is 5.09. The van der Waals surface area contributed by atoms with Gasteiger partial charge in [-0.05, 0) is 30.5 Å². The lowest BCUT2D eigenvalue weighted by molar-refractivity contribution is 0.202. The summed E-state index contributed by atoms with van der Waals surface area (Å²) in [6.07, 6.45) is 3.98. The van der Waals surface area contributed by atoms with Crippen LogP contribution in [0.25, 0.3) is 11.3 Å². The molecule has 0 unspecified atom stereocenters. The molecule has 2 N–H and O–H groups in total. The van der Waals surface area contributed by atoms with E-state index in [9.17, 15) is 0 Å². The number of H-pyrrole nitrogens is 1. The Morgan fingerprint density at radius 3 is 2.75 bits per heavy atom. The second kappa shape index (κ2) is 7.82. The maximum atomic E-state index is 5.09. The topological polar surface area (TPSA) is 49.9 Å². The molecule has 0 aliphatic carbocycles. The predicted molar refractivity (Wildman–Crippen MR) is 81.6 cm³/mol. The molecule has 0 amide bonds. The van der Waals surface area contributed by atoms with Crippen LogP contribution < -0.4 is 5.32 Å². The fourth-order valence-electron chi connectivity index (χ4n) is 2.05. The van der Waals surface area contributed by atoms with Gasteiger partial charge in [0.2, 0.25) is 0 Å². The second-order valence-electron chi connectivity index (χ2n) is 4.86. The number of rotatable bonds is 8. The first-order chi connectivity index (χ1) is 9.83. The zero-order valence-corrected chi connectivity index (χ0v) is 12.3. The molecule has 1 heterocycles. The van der Waals surface area contributed by atoms with Gasteiger partial charge in [-0.15, -0.1) is 0 Å². The third-order valence-electron chi connectivity index (χ3n) is 3.21. The van der Waals surface area contributed by atoms with E-state index >= 15 is 0 Å². The van der Waals surface area contributed by atoms with E-state index in [4.69, 9.17) is 4.74 Å². The van der Waals surface area contributed by atoms with Gasteiger partial charge in [0.15, 0.2) is 0 Å². The van der Waals surface area contributed by atoms with Gasteiger partial charge in [-0.2, -0.15) is 0 Å². The smallest absolute Gasteiger partial charge is 0.120 e. The van der Waals surface area contributed by atoms with Crippen LogP contribution in [0.15, 0.2) is 30.5 Å². The first kappa shape index (κ1) is 14.8. The number of aromatic amines is 1. The van der Waals surface area contributed by atoms with Gasteiger partial charge in [-0.1, -0.05) is 31.2 Å². The molecule has 0 radical (unpaired) electrons. The molecule has 0 saturated heterocycles.